The van der Waals surface area contributed by atoms with E-state index in [1.807, 2.05) is 48.5 Å². The summed E-state index contributed by atoms with van der Waals surface area (Å²) in [4.78, 5) is 43.3. The first-order chi connectivity index (χ1) is 19.0. The minimum atomic E-state index is -0.105. The van der Waals surface area contributed by atoms with Crippen LogP contribution in [0.15, 0.2) is 91.1 Å². The van der Waals surface area contributed by atoms with Crippen molar-refractivity contribution < 1.29 is 19.5 Å². The van der Waals surface area contributed by atoms with Gasteiger partial charge in [0.25, 0.3) is 0 Å². The zero-order chi connectivity index (χ0) is 27.2. The molecule has 0 radical (unpaired) electrons. The molecule has 1 aliphatic rings. The SMILES string of the molecule is O=C(Cc1ccc(C(=O)c2ccc(CC(=O)c3ccc[nH]3)cc2)cc1)c1ccc(N2CCCC(CO)C2)cc1. The van der Waals surface area contributed by atoms with Crippen molar-refractivity contribution >= 4 is 23.0 Å². The smallest absolute Gasteiger partial charge is 0.193 e. The molecule has 2 heterocycles. The lowest BCUT2D eigenvalue weighted by atomic mass is 9.97. The van der Waals surface area contributed by atoms with Crippen molar-refractivity contribution in [3.63, 3.8) is 0 Å². The third-order valence-electron chi connectivity index (χ3n) is 7.39. The Labute approximate surface area is 228 Å². The maximum absolute atomic E-state index is 13.0. The number of nitrogens with zero attached hydrogens (tertiary/aromatic N) is 1. The van der Waals surface area contributed by atoms with Gasteiger partial charge in [-0.05, 0) is 66.3 Å². The first kappa shape index (κ1) is 26.3. The first-order valence-electron chi connectivity index (χ1n) is 13.4. The minimum absolute atomic E-state index is 0.00153. The maximum atomic E-state index is 13.0. The highest BCUT2D eigenvalue weighted by atomic mass is 16.3. The Morgan fingerprint density at radius 1 is 0.769 bits per heavy atom. The molecule has 1 unspecified atom stereocenters. The van der Waals surface area contributed by atoms with Crippen LogP contribution < -0.4 is 4.90 Å². The average Bonchev–Trinajstić information content (AvgIpc) is 3.53. The molecule has 198 valence electrons. The van der Waals surface area contributed by atoms with Gasteiger partial charge in [-0.3, -0.25) is 14.4 Å². The number of aliphatic hydroxyl groups excluding tert-OH is 1. The van der Waals surface area contributed by atoms with Crippen LogP contribution in [0.1, 0.15) is 60.7 Å². The second-order valence-electron chi connectivity index (χ2n) is 10.2. The molecule has 1 saturated heterocycles. The second-order valence-corrected chi connectivity index (χ2v) is 10.2. The number of aromatic nitrogens is 1. The summed E-state index contributed by atoms with van der Waals surface area (Å²) in [6.07, 6.45) is 4.36. The molecular formula is C33H32N2O4. The summed E-state index contributed by atoms with van der Waals surface area (Å²) in [6, 6.07) is 25.5. The average molecular weight is 521 g/mol. The van der Waals surface area contributed by atoms with Gasteiger partial charge < -0.3 is 15.0 Å². The highest BCUT2D eigenvalue weighted by Crippen LogP contribution is 2.24. The van der Waals surface area contributed by atoms with Crippen LogP contribution in [0, 0.1) is 5.92 Å². The van der Waals surface area contributed by atoms with Crippen molar-refractivity contribution in [2.24, 2.45) is 5.92 Å². The van der Waals surface area contributed by atoms with Gasteiger partial charge >= 0.3 is 0 Å². The molecule has 0 bridgehead atoms. The molecule has 3 aromatic carbocycles. The Bertz CT molecular complexity index is 1420. The van der Waals surface area contributed by atoms with E-state index in [1.54, 1.807) is 42.6 Å². The third-order valence-corrected chi connectivity index (χ3v) is 7.39. The van der Waals surface area contributed by atoms with Gasteiger partial charge in [0.05, 0.1) is 5.69 Å². The Morgan fingerprint density at radius 2 is 1.36 bits per heavy atom. The summed E-state index contributed by atoms with van der Waals surface area (Å²) >= 11 is 0. The number of anilines is 1. The Balaban J connectivity index is 1.17. The fraction of sp³-hybridized carbons (Fsp3) is 0.242. The molecule has 0 saturated carbocycles. The van der Waals surface area contributed by atoms with E-state index in [2.05, 4.69) is 9.88 Å². The predicted molar refractivity (Wildman–Crippen MR) is 152 cm³/mol. The monoisotopic (exact) mass is 520 g/mol. The number of hydrogen-bond acceptors (Lipinski definition) is 5. The zero-order valence-corrected chi connectivity index (χ0v) is 21.8. The fourth-order valence-electron chi connectivity index (χ4n) is 5.09. The molecular weight excluding hydrogens is 488 g/mol. The molecule has 5 rings (SSSR count). The number of aromatic amines is 1. The van der Waals surface area contributed by atoms with Crippen molar-refractivity contribution in [3.8, 4) is 0 Å². The fourth-order valence-corrected chi connectivity index (χ4v) is 5.09. The van der Waals surface area contributed by atoms with Gasteiger partial charge in [-0.25, -0.2) is 0 Å². The number of Topliss-reactive ketones (excluding diaryl/α,β-unsaturated/α-hetero) is 2. The van der Waals surface area contributed by atoms with Gasteiger partial charge in [-0.1, -0.05) is 48.5 Å². The van der Waals surface area contributed by atoms with Gasteiger partial charge in [0.15, 0.2) is 17.3 Å². The van der Waals surface area contributed by atoms with Crippen molar-refractivity contribution in [1.29, 1.82) is 0 Å². The summed E-state index contributed by atoms with van der Waals surface area (Å²) in [5.41, 5.74) is 5.10. The van der Waals surface area contributed by atoms with Crippen LogP contribution in [0.2, 0.25) is 0 Å². The number of hydrogen-bond donors (Lipinski definition) is 2. The quantitative estimate of drug-likeness (QED) is 0.277. The molecule has 1 aromatic heterocycles. The Kier molecular flexibility index (Phi) is 8.13. The van der Waals surface area contributed by atoms with Crippen LogP contribution in [-0.4, -0.2) is 47.1 Å². The van der Waals surface area contributed by atoms with Gasteiger partial charge in [0.2, 0.25) is 0 Å². The number of piperidine rings is 1. The summed E-state index contributed by atoms with van der Waals surface area (Å²) in [6.45, 7) is 2.01. The Hall–Kier alpha value is -4.29. The molecule has 1 aliphatic heterocycles. The van der Waals surface area contributed by atoms with Crippen molar-refractivity contribution in [2.45, 2.75) is 25.7 Å². The first-order valence-corrected chi connectivity index (χ1v) is 13.4. The number of benzene rings is 3. The molecule has 4 aromatic rings. The van der Waals surface area contributed by atoms with E-state index in [0.717, 1.165) is 42.7 Å². The molecule has 6 heteroatoms. The zero-order valence-electron chi connectivity index (χ0n) is 21.8. The molecule has 0 amide bonds. The molecule has 2 N–H and O–H groups in total. The van der Waals surface area contributed by atoms with Gasteiger partial charge in [0, 0.05) is 61.1 Å². The molecule has 39 heavy (non-hydrogen) atoms. The molecule has 6 nitrogen and oxygen atoms in total. The number of carbonyl (C=O) groups excluding carboxylic acids is 3. The van der Waals surface area contributed by atoms with E-state index in [-0.39, 0.29) is 36.8 Å². The summed E-state index contributed by atoms with van der Waals surface area (Å²) < 4.78 is 0. The summed E-state index contributed by atoms with van der Waals surface area (Å²) in [5.74, 6) is 0.224. The van der Waals surface area contributed by atoms with E-state index in [4.69, 9.17) is 0 Å². The van der Waals surface area contributed by atoms with Crippen molar-refractivity contribution in [3.05, 3.63) is 125 Å². The molecule has 0 spiro atoms. The van der Waals surface area contributed by atoms with Crippen LogP contribution in [0.5, 0.6) is 0 Å². The number of carbonyl (C=O) groups is 3. The molecule has 1 fully saturated rings. The van der Waals surface area contributed by atoms with Gasteiger partial charge in [0.1, 0.15) is 0 Å². The number of rotatable bonds is 10. The van der Waals surface area contributed by atoms with E-state index >= 15 is 0 Å². The van der Waals surface area contributed by atoms with Crippen LogP contribution >= 0.6 is 0 Å². The standard InChI is InChI=1S/C33H32N2O4/c36-22-25-3-2-18-35(21-25)29-15-13-26(14-16-29)31(37)19-23-5-9-27(10-6-23)33(39)28-11-7-24(8-12-28)20-32(38)30-4-1-17-34-30/h1,4-17,25,34,36H,2-3,18-22H2. The van der Waals surface area contributed by atoms with Crippen LogP contribution in [0.4, 0.5) is 5.69 Å². The highest BCUT2D eigenvalue weighted by molar-refractivity contribution is 6.09. The van der Waals surface area contributed by atoms with Crippen molar-refractivity contribution in [2.75, 3.05) is 24.6 Å². The number of aliphatic hydroxyl groups is 1. The number of nitrogens with one attached hydrogen (secondary N) is 1. The second kappa shape index (κ2) is 12.0. The van der Waals surface area contributed by atoms with Gasteiger partial charge in [-0.2, -0.15) is 0 Å². The summed E-state index contributed by atoms with van der Waals surface area (Å²) in [5, 5.41) is 9.48. The normalized spacial score (nSPS) is 15.2. The maximum Gasteiger partial charge on any atom is 0.193 e. The lowest BCUT2D eigenvalue weighted by Gasteiger charge is -2.33. The topological polar surface area (TPSA) is 90.5 Å². The highest BCUT2D eigenvalue weighted by Gasteiger charge is 2.20. The molecule has 0 aliphatic carbocycles. The van der Waals surface area contributed by atoms with E-state index < -0.39 is 0 Å². The van der Waals surface area contributed by atoms with E-state index in [1.165, 1.54) is 0 Å². The lowest BCUT2D eigenvalue weighted by molar-refractivity contribution is 0.0982. The van der Waals surface area contributed by atoms with Crippen LogP contribution in [-0.2, 0) is 12.8 Å². The molecule has 1 atom stereocenters. The van der Waals surface area contributed by atoms with Crippen molar-refractivity contribution in [1.82, 2.24) is 4.98 Å². The van der Waals surface area contributed by atoms with E-state index in [0.29, 0.717) is 28.3 Å². The Morgan fingerprint density at radius 3 is 1.92 bits per heavy atom. The number of ketones is 3. The summed E-state index contributed by atoms with van der Waals surface area (Å²) in [7, 11) is 0. The lowest BCUT2D eigenvalue weighted by Crippen LogP contribution is -2.36. The van der Waals surface area contributed by atoms with E-state index in [9.17, 15) is 19.5 Å². The van der Waals surface area contributed by atoms with Crippen LogP contribution in [0.25, 0.3) is 0 Å². The van der Waals surface area contributed by atoms with Gasteiger partial charge in [-0.15, -0.1) is 0 Å². The largest absolute Gasteiger partial charge is 0.396 e. The predicted octanol–water partition coefficient (Wildman–Crippen LogP) is 5.31. The third kappa shape index (κ3) is 6.41. The number of H-pyrrole nitrogens is 1. The minimum Gasteiger partial charge on any atom is -0.396 e. The van der Waals surface area contributed by atoms with Crippen LogP contribution in [0.3, 0.4) is 0 Å².